The number of piperidine rings is 1. The first-order valence-electron chi connectivity index (χ1n) is 8.69. The fourth-order valence-corrected chi connectivity index (χ4v) is 4.00. The Balaban J connectivity index is 1.42. The molecule has 0 aliphatic carbocycles. The molecule has 0 bridgehead atoms. The van der Waals surface area contributed by atoms with Gasteiger partial charge in [-0.1, -0.05) is 43.3 Å². The van der Waals surface area contributed by atoms with Crippen LogP contribution in [0.5, 0.6) is 0 Å². The highest BCUT2D eigenvalue weighted by Gasteiger charge is 2.26. The molecule has 0 radical (unpaired) electrons. The lowest BCUT2D eigenvalue weighted by Crippen LogP contribution is -2.43. The third-order valence-electron chi connectivity index (χ3n) is 4.59. The van der Waals surface area contributed by atoms with Crippen molar-refractivity contribution in [1.29, 1.82) is 0 Å². The minimum absolute atomic E-state index is 0.0606. The molecule has 3 nitrogen and oxygen atoms in total. The molecule has 1 saturated heterocycles. The topological polar surface area (TPSA) is 29.5 Å². The van der Waals surface area contributed by atoms with E-state index in [4.69, 9.17) is 4.74 Å². The van der Waals surface area contributed by atoms with Crippen molar-refractivity contribution in [3.05, 3.63) is 58.3 Å². The predicted octanol–water partition coefficient (Wildman–Crippen LogP) is 4.13. The highest BCUT2D eigenvalue weighted by Crippen LogP contribution is 2.20. The number of nitrogens with zero attached hydrogens (tertiary/aromatic N) is 1. The van der Waals surface area contributed by atoms with Gasteiger partial charge >= 0.3 is 0 Å². The average Bonchev–Trinajstić information content (AvgIpc) is 3.13. The first-order valence-corrected chi connectivity index (χ1v) is 9.57. The number of thiophene rings is 1. The summed E-state index contributed by atoms with van der Waals surface area (Å²) in [6.45, 7) is 4.33. The zero-order valence-electron chi connectivity index (χ0n) is 14.2. The Morgan fingerprint density at radius 1 is 1.21 bits per heavy atom. The SMILES string of the molecule is C[C@H](Cc1cccs1)C(=O)N1CCC(OCc2ccccc2)CC1. The fourth-order valence-electron chi connectivity index (χ4n) is 3.16. The number of rotatable bonds is 6. The summed E-state index contributed by atoms with van der Waals surface area (Å²) in [5, 5.41) is 2.07. The van der Waals surface area contributed by atoms with E-state index in [9.17, 15) is 4.79 Å². The van der Waals surface area contributed by atoms with E-state index in [0.717, 1.165) is 32.4 Å². The minimum atomic E-state index is 0.0606. The molecule has 1 fully saturated rings. The van der Waals surface area contributed by atoms with Crippen molar-refractivity contribution in [3.8, 4) is 0 Å². The van der Waals surface area contributed by atoms with Crippen molar-refractivity contribution < 1.29 is 9.53 Å². The van der Waals surface area contributed by atoms with Crippen LogP contribution in [0.25, 0.3) is 0 Å². The lowest BCUT2D eigenvalue weighted by molar-refractivity contribution is -0.137. The predicted molar refractivity (Wildman–Crippen MR) is 98.0 cm³/mol. The Morgan fingerprint density at radius 2 is 1.96 bits per heavy atom. The van der Waals surface area contributed by atoms with Crippen LogP contribution in [0, 0.1) is 5.92 Å². The second kappa shape index (κ2) is 8.45. The van der Waals surface area contributed by atoms with Crippen molar-refractivity contribution in [2.75, 3.05) is 13.1 Å². The zero-order valence-corrected chi connectivity index (χ0v) is 15.0. The van der Waals surface area contributed by atoms with Gasteiger partial charge in [0.2, 0.25) is 5.91 Å². The Labute approximate surface area is 148 Å². The van der Waals surface area contributed by atoms with Crippen LogP contribution in [0.4, 0.5) is 0 Å². The maximum atomic E-state index is 12.6. The van der Waals surface area contributed by atoms with Crippen LogP contribution in [0.3, 0.4) is 0 Å². The number of carbonyl (C=O) groups is 1. The number of likely N-dealkylation sites (tertiary alicyclic amines) is 1. The van der Waals surface area contributed by atoms with E-state index in [0.29, 0.717) is 6.61 Å². The number of benzene rings is 1. The van der Waals surface area contributed by atoms with Crippen LogP contribution in [0.15, 0.2) is 47.8 Å². The number of amides is 1. The normalized spacial score (nSPS) is 17.0. The number of hydrogen-bond donors (Lipinski definition) is 0. The van der Waals surface area contributed by atoms with Gasteiger partial charge in [-0.05, 0) is 36.3 Å². The molecule has 2 heterocycles. The van der Waals surface area contributed by atoms with Crippen LogP contribution in [-0.4, -0.2) is 30.0 Å². The third-order valence-corrected chi connectivity index (χ3v) is 5.49. The summed E-state index contributed by atoms with van der Waals surface area (Å²) in [6.07, 6.45) is 2.98. The van der Waals surface area contributed by atoms with Gasteiger partial charge in [0, 0.05) is 23.9 Å². The van der Waals surface area contributed by atoms with Crippen molar-refractivity contribution in [2.24, 2.45) is 5.92 Å². The van der Waals surface area contributed by atoms with E-state index < -0.39 is 0 Å². The van der Waals surface area contributed by atoms with Crippen LogP contribution < -0.4 is 0 Å². The van der Waals surface area contributed by atoms with Gasteiger partial charge in [0.05, 0.1) is 12.7 Å². The van der Waals surface area contributed by atoms with Crippen LogP contribution >= 0.6 is 11.3 Å². The Morgan fingerprint density at radius 3 is 2.62 bits per heavy atom. The molecular formula is C20H25NO2S. The molecule has 1 aromatic heterocycles. The second-order valence-electron chi connectivity index (χ2n) is 6.51. The summed E-state index contributed by atoms with van der Waals surface area (Å²) in [5.41, 5.74) is 1.21. The molecule has 0 N–H and O–H groups in total. The molecule has 1 atom stereocenters. The molecule has 0 spiro atoms. The van der Waals surface area contributed by atoms with Crippen LogP contribution in [0.2, 0.25) is 0 Å². The molecule has 0 saturated carbocycles. The van der Waals surface area contributed by atoms with Crippen molar-refractivity contribution >= 4 is 17.2 Å². The molecular weight excluding hydrogens is 318 g/mol. The largest absolute Gasteiger partial charge is 0.373 e. The van der Waals surface area contributed by atoms with E-state index in [1.165, 1.54) is 10.4 Å². The molecule has 1 aromatic carbocycles. The second-order valence-corrected chi connectivity index (χ2v) is 7.54. The Bertz CT molecular complexity index is 618. The standard InChI is InChI=1S/C20H25NO2S/c1-16(14-19-8-5-13-24-19)20(22)21-11-9-18(10-12-21)23-15-17-6-3-2-4-7-17/h2-8,13,16,18H,9-12,14-15H2,1H3/t16-/m1/s1. The highest BCUT2D eigenvalue weighted by atomic mass is 32.1. The summed E-state index contributed by atoms with van der Waals surface area (Å²) in [6, 6.07) is 14.4. The highest BCUT2D eigenvalue weighted by molar-refractivity contribution is 7.09. The Hall–Kier alpha value is -1.65. The van der Waals surface area contributed by atoms with Gasteiger partial charge in [0.1, 0.15) is 0 Å². The van der Waals surface area contributed by atoms with Crippen LogP contribution in [0.1, 0.15) is 30.2 Å². The molecule has 128 valence electrons. The maximum absolute atomic E-state index is 12.6. The van der Waals surface area contributed by atoms with E-state index in [-0.39, 0.29) is 17.9 Å². The molecule has 1 aliphatic rings. The summed E-state index contributed by atoms with van der Waals surface area (Å²) < 4.78 is 6.01. The summed E-state index contributed by atoms with van der Waals surface area (Å²) in [5.74, 6) is 0.343. The summed E-state index contributed by atoms with van der Waals surface area (Å²) in [4.78, 5) is 15.9. The molecule has 2 aromatic rings. The van der Waals surface area contributed by atoms with Gasteiger partial charge in [-0.15, -0.1) is 11.3 Å². The van der Waals surface area contributed by atoms with E-state index >= 15 is 0 Å². The van der Waals surface area contributed by atoms with Gasteiger partial charge < -0.3 is 9.64 Å². The fraction of sp³-hybridized carbons (Fsp3) is 0.450. The first-order chi connectivity index (χ1) is 11.7. The molecule has 0 unspecified atom stereocenters. The van der Waals surface area contributed by atoms with Gasteiger partial charge in [-0.3, -0.25) is 4.79 Å². The lowest BCUT2D eigenvalue weighted by Gasteiger charge is -2.33. The van der Waals surface area contributed by atoms with Gasteiger partial charge in [-0.2, -0.15) is 0 Å². The Kier molecular flexibility index (Phi) is 6.05. The van der Waals surface area contributed by atoms with Crippen molar-refractivity contribution in [3.63, 3.8) is 0 Å². The van der Waals surface area contributed by atoms with Gasteiger partial charge in [0.15, 0.2) is 0 Å². The molecule has 4 heteroatoms. The molecule has 24 heavy (non-hydrogen) atoms. The smallest absolute Gasteiger partial charge is 0.225 e. The number of ether oxygens (including phenoxy) is 1. The quantitative estimate of drug-likeness (QED) is 0.789. The zero-order chi connectivity index (χ0) is 16.8. The number of hydrogen-bond acceptors (Lipinski definition) is 3. The van der Waals surface area contributed by atoms with E-state index in [1.54, 1.807) is 11.3 Å². The molecule has 3 rings (SSSR count). The summed E-state index contributed by atoms with van der Waals surface area (Å²) >= 11 is 1.73. The summed E-state index contributed by atoms with van der Waals surface area (Å²) in [7, 11) is 0. The molecule has 1 amide bonds. The van der Waals surface area contributed by atoms with Crippen LogP contribution in [-0.2, 0) is 22.6 Å². The number of carbonyl (C=O) groups excluding carboxylic acids is 1. The maximum Gasteiger partial charge on any atom is 0.225 e. The lowest BCUT2D eigenvalue weighted by atomic mass is 10.0. The first kappa shape index (κ1) is 17.2. The van der Waals surface area contributed by atoms with E-state index in [1.807, 2.05) is 36.1 Å². The average molecular weight is 343 g/mol. The van der Waals surface area contributed by atoms with Crippen molar-refractivity contribution in [2.45, 2.75) is 38.9 Å². The monoisotopic (exact) mass is 343 g/mol. The van der Waals surface area contributed by atoms with E-state index in [2.05, 4.69) is 23.6 Å². The van der Waals surface area contributed by atoms with Gasteiger partial charge in [0.25, 0.3) is 0 Å². The van der Waals surface area contributed by atoms with Gasteiger partial charge in [-0.25, -0.2) is 0 Å². The minimum Gasteiger partial charge on any atom is -0.373 e. The molecule has 1 aliphatic heterocycles. The van der Waals surface area contributed by atoms with Crippen molar-refractivity contribution in [1.82, 2.24) is 4.90 Å². The third kappa shape index (κ3) is 4.68.